The molecule has 1 unspecified atom stereocenters. The van der Waals surface area contributed by atoms with Crippen molar-refractivity contribution in [2.24, 2.45) is 22.8 Å². The third-order valence-corrected chi connectivity index (χ3v) is 6.70. The van der Waals surface area contributed by atoms with Crippen molar-refractivity contribution in [1.82, 2.24) is 14.5 Å². The van der Waals surface area contributed by atoms with Crippen LogP contribution in [0.25, 0.3) is 11.4 Å². The number of nitrogens with two attached hydrogens (primary N) is 1. The van der Waals surface area contributed by atoms with Gasteiger partial charge in [-0.25, -0.2) is 15.0 Å². The zero-order valence-electron chi connectivity index (χ0n) is 23.2. The average molecular weight is 623 g/mol. The van der Waals surface area contributed by atoms with Crippen LogP contribution in [-0.4, -0.2) is 53.2 Å². The van der Waals surface area contributed by atoms with Crippen molar-refractivity contribution in [2.75, 3.05) is 13.7 Å². The van der Waals surface area contributed by atoms with Gasteiger partial charge in [-0.2, -0.15) is 13.2 Å². The van der Waals surface area contributed by atoms with Crippen molar-refractivity contribution in [2.45, 2.75) is 38.1 Å². The number of hydrogen-bond acceptors (Lipinski definition) is 5. The zero-order valence-corrected chi connectivity index (χ0v) is 24.7. The molecule has 4 rings (SSSR count). The van der Waals surface area contributed by atoms with Gasteiger partial charge in [0.05, 0.1) is 6.34 Å². The molecule has 224 valence electrons. The normalized spacial score (nSPS) is 16.0. The van der Waals surface area contributed by atoms with E-state index in [4.69, 9.17) is 38.3 Å². The second-order valence-corrected chi connectivity index (χ2v) is 10.0. The number of aryl methyl sites for hydroxylation is 1. The number of ether oxygens (including phenoxy) is 1. The number of halogens is 5. The molecule has 0 amide bonds. The van der Waals surface area contributed by atoms with Crippen LogP contribution in [0.2, 0.25) is 10.0 Å². The SMILES string of the molecule is C=N/C(=N\C(=C/Cc1ccc(-c2nc(C(F)(F)F)cn2C)cc1)N(C=N)C1CCCCO1)c1cc(Cl)cc(Cl)c1.CN. The highest BCUT2D eigenvalue weighted by atomic mass is 35.5. The van der Waals surface area contributed by atoms with Crippen molar-refractivity contribution in [3.8, 4) is 11.4 Å². The maximum Gasteiger partial charge on any atom is 0.434 e. The summed E-state index contributed by atoms with van der Waals surface area (Å²) in [5, 5.41) is 8.94. The molecule has 1 atom stereocenters. The number of aromatic nitrogens is 2. The van der Waals surface area contributed by atoms with Gasteiger partial charge in [0, 0.05) is 41.0 Å². The molecule has 1 aromatic heterocycles. The number of rotatable bonds is 8. The van der Waals surface area contributed by atoms with E-state index in [0.717, 1.165) is 31.0 Å². The van der Waals surface area contributed by atoms with Gasteiger partial charge in [-0.05, 0) is 69.3 Å². The summed E-state index contributed by atoms with van der Waals surface area (Å²) in [5.41, 5.74) is 5.54. The molecule has 0 bridgehead atoms. The molecule has 8 nitrogen and oxygen atoms in total. The summed E-state index contributed by atoms with van der Waals surface area (Å²) < 4.78 is 46.5. The van der Waals surface area contributed by atoms with Gasteiger partial charge in [-0.1, -0.05) is 47.5 Å². The van der Waals surface area contributed by atoms with E-state index in [2.05, 4.69) is 22.4 Å². The van der Waals surface area contributed by atoms with Crippen LogP contribution >= 0.6 is 23.2 Å². The van der Waals surface area contributed by atoms with Crippen molar-refractivity contribution in [3.63, 3.8) is 0 Å². The van der Waals surface area contributed by atoms with Crippen molar-refractivity contribution >= 4 is 42.1 Å². The van der Waals surface area contributed by atoms with E-state index in [1.807, 2.05) is 18.2 Å². The van der Waals surface area contributed by atoms with Crippen molar-refractivity contribution in [3.05, 3.63) is 87.4 Å². The van der Waals surface area contributed by atoms with Gasteiger partial charge in [0.15, 0.2) is 11.5 Å². The topological polar surface area (TPSA) is 105 Å². The smallest absolute Gasteiger partial charge is 0.358 e. The molecule has 3 N–H and O–H groups in total. The first-order chi connectivity index (χ1) is 20.1. The van der Waals surface area contributed by atoms with E-state index in [1.165, 1.54) is 25.0 Å². The number of nitrogens with zero attached hydrogens (tertiary/aromatic N) is 5. The van der Waals surface area contributed by atoms with Gasteiger partial charge in [-0.15, -0.1) is 0 Å². The van der Waals surface area contributed by atoms with E-state index in [-0.39, 0.29) is 17.9 Å². The van der Waals surface area contributed by atoms with E-state index in [0.29, 0.717) is 40.0 Å². The minimum atomic E-state index is -4.52. The first-order valence-corrected chi connectivity index (χ1v) is 13.7. The molecule has 2 aromatic carbocycles. The van der Waals surface area contributed by atoms with E-state index in [9.17, 15) is 13.2 Å². The van der Waals surface area contributed by atoms with Gasteiger partial charge < -0.3 is 15.0 Å². The molecule has 3 aromatic rings. The summed E-state index contributed by atoms with van der Waals surface area (Å²) >= 11 is 12.4. The molecule has 2 heterocycles. The lowest BCUT2D eigenvalue weighted by Gasteiger charge is -2.32. The second kappa shape index (κ2) is 15.1. The van der Waals surface area contributed by atoms with Gasteiger partial charge in [0.25, 0.3) is 0 Å². The number of amidine groups is 1. The van der Waals surface area contributed by atoms with Gasteiger partial charge in [-0.3, -0.25) is 10.3 Å². The van der Waals surface area contributed by atoms with E-state index in [1.54, 1.807) is 35.2 Å². The van der Waals surface area contributed by atoms with Crippen LogP contribution in [0.5, 0.6) is 0 Å². The standard InChI is InChI=1S/C28H27Cl2F3N6O.CH5N/c1-35-26(20-13-21(29)15-22(30)14-20)37-24(39(17-34)25-5-3-4-12-40-25)11-8-18-6-9-19(10-7-18)27-36-23(16-38(27)2)28(31,32)33;1-2/h6-7,9-11,13-17,25,34H,1,3-5,8,12H2,2H3;2H2,1H3/b24-11+,34-17?,37-26-;. The lowest BCUT2D eigenvalue weighted by molar-refractivity contribution is -0.140. The molecule has 0 radical (unpaired) electrons. The van der Waals surface area contributed by atoms with E-state index >= 15 is 0 Å². The molecule has 1 saturated heterocycles. The highest BCUT2D eigenvalue weighted by Gasteiger charge is 2.34. The summed E-state index contributed by atoms with van der Waals surface area (Å²) in [6.45, 7) is 4.23. The lowest BCUT2D eigenvalue weighted by atomic mass is 10.1. The Hall–Kier alpha value is -3.51. The summed E-state index contributed by atoms with van der Waals surface area (Å²) in [5.74, 6) is 0.901. The highest BCUT2D eigenvalue weighted by molar-refractivity contribution is 6.35. The fourth-order valence-electron chi connectivity index (χ4n) is 4.30. The number of nitrogens with one attached hydrogen (secondary N) is 1. The number of aliphatic imine (C=N–C) groups is 2. The number of hydrogen-bond donors (Lipinski definition) is 2. The predicted molar refractivity (Wildman–Crippen MR) is 162 cm³/mol. The quantitative estimate of drug-likeness (QED) is 0.210. The lowest BCUT2D eigenvalue weighted by Crippen LogP contribution is -2.37. The van der Waals surface area contributed by atoms with Gasteiger partial charge >= 0.3 is 6.18 Å². The van der Waals surface area contributed by atoms with Crippen LogP contribution in [0.4, 0.5) is 13.2 Å². The van der Waals surface area contributed by atoms with Crippen molar-refractivity contribution in [1.29, 1.82) is 5.41 Å². The number of allylic oxidation sites excluding steroid dienone is 1. The van der Waals surface area contributed by atoms with Crippen molar-refractivity contribution < 1.29 is 17.9 Å². The van der Waals surface area contributed by atoms with Crippen LogP contribution in [-0.2, 0) is 24.4 Å². The van der Waals surface area contributed by atoms with Gasteiger partial charge in [0.1, 0.15) is 17.9 Å². The highest BCUT2D eigenvalue weighted by Crippen LogP contribution is 2.31. The minimum Gasteiger partial charge on any atom is -0.358 e. The zero-order chi connectivity index (χ0) is 30.9. The Morgan fingerprint density at radius 1 is 1.19 bits per heavy atom. The Kier molecular flexibility index (Phi) is 11.9. The molecule has 0 aliphatic carbocycles. The molecule has 0 spiro atoms. The summed E-state index contributed by atoms with van der Waals surface area (Å²) in [4.78, 5) is 14.2. The largest absolute Gasteiger partial charge is 0.434 e. The van der Waals surface area contributed by atoms with E-state index < -0.39 is 11.9 Å². The number of alkyl halides is 3. The average Bonchev–Trinajstić information content (AvgIpc) is 3.38. The van der Waals surface area contributed by atoms with Crippen LogP contribution in [0.3, 0.4) is 0 Å². The second-order valence-electron chi connectivity index (χ2n) is 9.13. The van der Waals surface area contributed by atoms with Crippen LogP contribution in [0.15, 0.2) is 70.5 Å². The molecule has 1 aliphatic heterocycles. The molecule has 1 aliphatic rings. The molecule has 42 heavy (non-hydrogen) atoms. The Bertz CT molecular complexity index is 1410. The Labute approximate surface area is 252 Å². The first kappa shape index (κ1) is 33.0. The maximum absolute atomic E-state index is 13.1. The van der Waals surface area contributed by atoms with Gasteiger partial charge in [0.2, 0.25) is 0 Å². The first-order valence-electron chi connectivity index (χ1n) is 13.0. The molecule has 13 heteroatoms. The van der Waals surface area contributed by atoms with Crippen LogP contribution in [0, 0.1) is 5.41 Å². The molecular formula is C29H32Cl2F3N7O. The fraction of sp³-hybridized carbons (Fsp3) is 0.310. The predicted octanol–water partition coefficient (Wildman–Crippen LogP) is 6.95. The summed E-state index contributed by atoms with van der Waals surface area (Å²) in [6, 6.07) is 12.0. The van der Waals surface area contributed by atoms with Crippen LogP contribution in [0.1, 0.15) is 36.1 Å². The summed E-state index contributed by atoms with van der Waals surface area (Å²) in [6.07, 6.45) is 2.10. The molecule has 1 fully saturated rings. The Balaban J connectivity index is 0.00000237. The van der Waals surface area contributed by atoms with Crippen LogP contribution < -0.4 is 5.73 Å². The minimum absolute atomic E-state index is 0.214. The fourth-order valence-corrected chi connectivity index (χ4v) is 4.83. The third-order valence-electron chi connectivity index (χ3n) is 6.26. The number of benzene rings is 2. The maximum atomic E-state index is 13.1. The third kappa shape index (κ3) is 8.51. The Morgan fingerprint density at radius 3 is 2.38 bits per heavy atom. The number of imidazole rings is 1. The summed E-state index contributed by atoms with van der Waals surface area (Å²) in [7, 11) is 3.02. The molecular weight excluding hydrogens is 590 g/mol. The Morgan fingerprint density at radius 2 is 1.86 bits per heavy atom. The monoisotopic (exact) mass is 621 g/mol. The molecule has 0 saturated carbocycles.